The van der Waals surface area contributed by atoms with E-state index in [1.807, 2.05) is 0 Å². The van der Waals surface area contributed by atoms with Crippen LogP contribution < -0.4 is 5.32 Å². The van der Waals surface area contributed by atoms with Crippen LogP contribution in [0.5, 0.6) is 0 Å². The van der Waals surface area contributed by atoms with Gasteiger partial charge in [-0.25, -0.2) is 0 Å². The van der Waals surface area contributed by atoms with E-state index in [1.54, 1.807) is 0 Å². The second-order valence-corrected chi connectivity index (χ2v) is 5.73. The van der Waals surface area contributed by atoms with Gasteiger partial charge in [-0.15, -0.1) is 0 Å². The minimum atomic E-state index is 0.366. The standard InChI is InChI=1S/C18H23NO/c1-14(19-13-18-8-4-5-11-20-18)16-10-9-15-6-2-3-7-17(15)12-16/h2-3,6-7,9-10,12,14,18-19H,4-5,8,11,13H2,1H3. The van der Waals surface area contributed by atoms with E-state index < -0.39 is 0 Å². The smallest absolute Gasteiger partial charge is 0.0699 e. The summed E-state index contributed by atoms with van der Waals surface area (Å²) in [5.74, 6) is 0. The first-order valence-electron chi connectivity index (χ1n) is 7.66. The summed E-state index contributed by atoms with van der Waals surface area (Å²) in [6.45, 7) is 4.11. The lowest BCUT2D eigenvalue weighted by Crippen LogP contribution is -2.33. The van der Waals surface area contributed by atoms with Crippen LogP contribution in [0.2, 0.25) is 0 Å². The molecule has 1 N–H and O–H groups in total. The van der Waals surface area contributed by atoms with Crippen LogP contribution in [0.25, 0.3) is 10.8 Å². The first-order chi connectivity index (χ1) is 9.83. The van der Waals surface area contributed by atoms with Gasteiger partial charge < -0.3 is 10.1 Å². The Morgan fingerprint density at radius 2 is 2.00 bits per heavy atom. The molecular weight excluding hydrogens is 246 g/mol. The second-order valence-electron chi connectivity index (χ2n) is 5.73. The number of benzene rings is 2. The monoisotopic (exact) mass is 269 g/mol. The molecule has 1 heterocycles. The zero-order chi connectivity index (χ0) is 13.8. The highest BCUT2D eigenvalue weighted by Crippen LogP contribution is 2.20. The SMILES string of the molecule is CC(NCC1CCCCO1)c1ccc2ccccc2c1. The number of ether oxygens (including phenoxy) is 1. The topological polar surface area (TPSA) is 21.3 Å². The van der Waals surface area contributed by atoms with Gasteiger partial charge >= 0.3 is 0 Å². The molecule has 2 unspecified atom stereocenters. The highest BCUT2D eigenvalue weighted by Gasteiger charge is 2.15. The van der Waals surface area contributed by atoms with Crippen molar-refractivity contribution < 1.29 is 4.74 Å². The number of nitrogens with one attached hydrogen (secondary N) is 1. The molecule has 3 rings (SSSR count). The average Bonchev–Trinajstić information content (AvgIpc) is 2.53. The van der Waals surface area contributed by atoms with Crippen molar-refractivity contribution in [3.8, 4) is 0 Å². The predicted octanol–water partition coefficient (Wildman–Crippen LogP) is 4.06. The third-order valence-corrected chi connectivity index (χ3v) is 4.20. The minimum Gasteiger partial charge on any atom is -0.377 e. The van der Waals surface area contributed by atoms with Gasteiger partial charge in [0.15, 0.2) is 0 Å². The lowest BCUT2D eigenvalue weighted by atomic mass is 10.0. The Bertz CT molecular complexity index is 560. The molecule has 0 amide bonds. The third-order valence-electron chi connectivity index (χ3n) is 4.20. The lowest BCUT2D eigenvalue weighted by molar-refractivity contribution is 0.0156. The van der Waals surface area contributed by atoms with E-state index in [2.05, 4.69) is 54.7 Å². The van der Waals surface area contributed by atoms with Gasteiger partial charge in [-0.05, 0) is 48.6 Å². The highest BCUT2D eigenvalue weighted by molar-refractivity contribution is 5.83. The van der Waals surface area contributed by atoms with Crippen LogP contribution in [0.3, 0.4) is 0 Å². The van der Waals surface area contributed by atoms with E-state index in [4.69, 9.17) is 4.74 Å². The molecule has 0 spiro atoms. The summed E-state index contributed by atoms with van der Waals surface area (Å²) in [5, 5.41) is 6.23. The molecule has 0 bridgehead atoms. The minimum absolute atomic E-state index is 0.366. The van der Waals surface area contributed by atoms with E-state index in [9.17, 15) is 0 Å². The fraction of sp³-hybridized carbons (Fsp3) is 0.444. The lowest BCUT2D eigenvalue weighted by Gasteiger charge is -2.25. The maximum absolute atomic E-state index is 5.77. The van der Waals surface area contributed by atoms with Gasteiger partial charge in [0.2, 0.25) is 0 Å². The molecule has 1 aliphatic rings. The van der Waals surface area contributed by atoms with Gasteiger partial charge in [0.25, 0.3) is 0 Å². The van der Waals surface area contributed by atoms with Crippen molar-refractivity contribution in [3.05, 3.63) is 48.0 Å². The zero-order valence-electron chi connectivity index (χ0n) is 12.1. The quantitative estimate of drug-likeness (QED) is 0.903. The molecule has 2 heteroatoms. The van der Waals surface area contributed by atoms with Gasteiger partial charge in [0.05, 0.1) is 6.10 Å². The molecule has 0 saturated carbocycles. The Labute approximate surface area is 121 Å². The summed E-state index contributed by atoms with van der Waals surface area (Å²) in [7, 11) is 0. The number of fused-ring (bicyclic) bond motifs is 1. The third kappa shape index (κ3) is 3.20. The summed E-state index contributed by atoms with van der Waals surface area (Å²) in [6.07, 6.45) is 4.11. The van der Waals surface area contributed by atoms with Gasteiger partial charge in [-0.2, -0.15) is 0 Å². The summed E-state index contributed by atoms with van der Waals surface area (Å²) in [5.41, 5.74) is 1.35. The van der Waals surface area contributed by atoms with Gasteiger partial charge in [-0.1, -0.05) is 36.4 Å². The summed E-state index contributed by atoms with van der Waals surface area (Å²) in [4.78, 5) is 0. The largest absolute Gasteiger partial charge is 0.377 e. The van der Waals surface area contributed by atoms with Crippen molar-refractivity contribution in [2.75, 3.05) is 13.2 Å². The van der Waals surface area contributed by atoms with E-state index in [-0.39, 0.29) is 0 Å². The van der Waals surface area contributed by atoms with Crippen molar-refractivity contribution in [1.29, 1.82) is 0 Å². The average molecular weight is 269 g/mol. The Balaban J connectivity index is 1.64. The highest BCUT2D eigenvalue weighted by atomic mass is 16.5. The Morgan fingerprint density at radius 3 is 2.80 bits per heavy atom. The molecule has 0 aromatic heterocycles. The Kier molecular flexibility index (Phi) is 4.34. The summed E-state index contributed by atoms with van der Waals surface area (Å²) in [6, 6.07) is 15.6. The van der Waals surface area contributed by atoms with Gasteiger partial charge in [0, 0.05) is 19.2 Å². The fourth-order valence-electron chi connectivity index (χ4n) is 2.87. The molecule has 0 radical (unpaired) electrons. The predicted molar refractivity (Wildman–Crippen MR) is 84.0 cm³/mol. The van der Waals surface area contributed by atoms with Crippen LogP contribution in [0, 0.1) is 0 Å². The second kappa shape index (κ2) is 6.38. The van der Waals surface area contributed by atoms with E-state index in [0.717, 1.165) is 13.2 Å². The zero-order valence-corrected chi connectivity index (χ0v) is 12.1. The molecule has 20 heavy (non-hydrogen) atoms. The molecule has 106 valence electrons. The van der Waals surface area contributed by atoms with Crippen LogP contribution in [0.1, 0.15) is 37.8 Å². The van der Waals surface area contributed by atoms with Gasteiger partial charge in [0.1, 0.15) is 0 Å². The van der Waals surface area contributed by atoms with Crippen LogP contribution in [0.15, 0.2) is 42.5 Å². The van der Waals surface area contributed by atoms with E-state index >= 15 is 0 Å². The fourth-order valence-corrected chi connectivity index (χ4v) is 2.87. The molecule has 0 aliphatic carbocycles. The number of hydrogen-bond donors (Lipinski definition) is 1. The molecule has 2 aromatic carbocycles. The van der Waals surface area contributed by atoms with Gasteiger partial charge in [-0.3, -0.25) is 0 Å². The van der Waals surface area contributed by atoms with Crippen molar-refractivity contribution in [3.63, 3.8) is 0 Å². The van der Waals surface area contributed by atoms with Crippen molar-refractivity contribution in [1.82, 2.24) is 5.32 Å². The Hall–Kier alpha value is -1.38. The molecule has 1 saturated heterocycles. The number of rotatable bonds is 4. The summed E-state index contributed by atoms with van der Waals surface area (Å²) < 4.78 is 5.77. The van der Waals surface area contributed by atoms with Crippen LogP contribution >= 0.6 is 0 Å². The van der Waals surface area contributed by atoms with E-state index in [0.29, 0.717) is 12.1 Å². The molecule has 1 fully saturated rings. The maximum Gasteiger partial charge on any atom is 0.0699 e. The number of hydrogen-bond acceptors (Lipinski definition) is 2. The first-order valence-corrected chi connectivity index (χ1v) is 7.66. The van der Waals surface area contributed by atoms with Crippen LogP contribution in [-0.2, 0) is 4.74 Å². The Morgan fingerprint density at radius 1 is 1.15 bits per heavy atom. The molecular formula is C18H23NO. The summed E-state index contributed by atoms with van der Waals surface area (Å²) >= 11 is 0. The molecule has 2 nitrogen and oxygen atoms in total. The molecule has 2 atom stereocenters. The van der Waals surface area contributed by atoms with Crippen LogP contribution in [0.4, 0.5) is 0 Å². The normalized spacial score (nSPS) is 20.9. The van der Waals surface area contributed by atoms with Crippen molar-refractivity contribution >= 4 is 10.8 Å². The van der Waals surface area contributed by atoms with Crippen LogP contribution in [-0.4, -0.2) is 19.3 Å². The molecule has 2 aromatic rings. The van der Waals surface area contributed by atoms with E-state index in [1.165, 1.54) is 35.6 Å². The first kappa shape index (κ1) is 13.6. The van der Waals surface area contributed by atoms with Crippen molar-refractivity contribution in [2.24, 2.45) is 0 Å². The maximum atomic E-state index is 5.77. The molecule has 1 aliphatic heterocycles. The van der Waals surface area contributed by atoms with Crippen molar-refractivity contribution in [2.45, 2.75) is 38.3 Å².